The molecule has 1 aromatic heterocycles. The highest BCUT2D eigenvalue weighted by molar-refractivity contribution is 7.09. The molecular formula is C28H31N3O5S. The van der Waals surface area contributed by atoms with E-state index in [1.165, 1.54) is 6.42 Å². The molecule has 1 spiro atoms. The fraction of sp³-hybridized carbons (Fsp3) is 0.464. The second kappa shape index (κ2) is 9.61. The number of nitrogens with zero attached hydrogens (tertiary/aromatic N) is 1. The summed E-state index contributed by atoms with van der Waals surface area (Å²) < 4.78 is 11.6. The van der Waals surface area contributed by atoms with Crippen molar-refractivity contribution < 1.29 is 23.9 Å². The zero-order valence-corrected chi connectivity index (χ0v) is 21.5. The Morgan fingerprint density at radius 2 is 1.92 bits per heavy atom. The van der Waals surface area contributed by atoms with Gasteiger partial charge in [-0.15, -0.1) is 11.3 Å². The van der Waals surface area contributed by atoms with Gasteiger partial charge in [0.05, 0.1) is 31.6 Å². The van der Waals surface area contributed by atoms with E-state index in [0.29, 0.717) is 18.0 Å². The van der Waals surface area contributed by atoms with Crippen LogP contribution in [0.2, 0.25) is 0 Å². The number of anilines is 1. The van der Waals surface area contributed by atoms with Gasteiger partial charge < -0.3 is 25.0 Å². The van der Waals surface area contributed by atoms with Gasteiger partial charge in [-0.1, -0.05) is 37.5 Å². The van der Waals surface area contributed by atoms with Gasteiger partial charge in [-0.25, -0.2) is 0 Å². The van der Waals surface area contributed by atoms with E-state index in [9.17, 15) is 14.4 Å². The Bertz CT molecular complexity index is 1210. The third-order valence-corrected chi connectivity index (χ3v) is 9.00. The first-order chi connectivity index (χ1) is 18.0. The van der Waals surface area contributed by atoms with E-state index in [1.807, 2.05) is 29.7 Å². The molecule has 9 heteroatoms. The van der Waals surface area contributed by atoms with Crippen molar-refractivity contribution in [3.63, 3.8) is 0 Å². The summed E-state index contributed by atoms with van der Waals surface area (Å²) in [6, 6.07) is 10.2. The fourth-order valence-corrected chi connectivity index (χ4v) is 7.14. The lowest BCUT2D eigenvalue weighted by Gasteiger charge is -2.34. The summed E-state index contributed by atoms with van der Waals surface area (Å²) in [6.07, 6.45) is 8.40. The number of methoxy groups -OCH3 is 1. The highest BCUT2D eigenvalue weighted by Crippen LogP contribution is 2.55. The predicted octanol–water partition coefficient (Wildman–Crippen LogP) is 3.49. The number of carbonyl (C=O) groups is 3. The monoisotopic (exact) mass is 521 g/mol. The molecule has 194 valence electrons. The molecule has 6 rings (SSSR count). The van der Waals surface area contributed by atoms with E-state index >= 15 is 0 Å². The van der Waals surface area contributed by atoms with E-state index in [2.05, 4.69) is 10.6 Å². The van der Waals surface area contributed by atoms with Gasteiger partial charge in [0, 0.05) is 16.6 Å². The maximum Gasteiger partial charge on any atom is 0.246 e. The molecule has 8 nitrogen and oxygen atoms in total. The van der Waals surface area contributed by atoms with E-state index in [-0.39, 0.29) is 23.8 Å². The van der Waals surface area contributed by atoms with E-state index in [0.717, 1.165) is 30.6 Å². The number of amides is 3. The Kier molecular flexibility index (Phi) is 6.28. The molecule has 2 N–H and O–H groups in total. The van der Waals surface area contributed by atoms with E-state index in [4.69, 9.17) is 9.47 Å². The zero-order chi connectivity index (χ0) is 25.6. The normalized spacial score (nSPS) is 30.4. The highest BCUT2D eigenvalue weighted by atomic mass is 32.1. The Hall–Kier alpha value is -3.17. The maximum atomic E-state index is 14.0. The van der Waals surface area contributed by atoms with E-state index in [1.54, 1.807) is 47.6 Å². The van der Waals surface area contributed by atoms with Crippen molar-refractivity contribution in [2.75, 3.05) is 12.4 Å². The van der Waals surface area contributed by atoms with Crippen LogP contribution in [0.4, 0.5) is 5.69 Å². The average molecular weight is 522 g/mol. The van der Waals surface area contributed by atoms with Crippen LogP contribution < -0.4 is 15.4 Å². The molecule has 2 saturated heterocycles. The minimum Gasteiger partial charge on any atom is -0.497 e. The van der Waals surface area contributed by atoms with Crippen LogP contribution in [0, 0.1) is 11.8 Å². The Morgan fingerprint density at radius 1 is 1.14 bits per heavy atom. The molecule has 5 atom stereocenters. The van der Waals surface area contributed by atoms with Gasteiger partial charge >= 0.3 is 0 Å². The standard InChI is InChI=1S/C28H31N3O5S/c1-35-19-11-9-18(10-12-19)29-25(32)22-21-13-14-28(36-21)23(22)27(34)31(16-20-8-5-15-37-20)24(28)26(33)30-17-6-3-2-4-7-17/h5,8-15,17,21-24H,2-4,6-7,16H2,1H3,(H,29,32)(H,30,33)/t21-,22?,23-,24?,28?/m1/s1. The van der Waals surface area contributed by atoms with Gasteiger partial charge in [0.15, 0.2) is 0 Å². The molecule has 1 aliphatic carbocycles. The third-order valence-electron chi connectivity index (χ3n) is 8.14. The molecule has 37 heavy (non-hydrogen) atoms. The van der Waals surface area contributed by atoms with Crippen molar-refractivity contribution in [1.29, 1.82) is 0 Å². The van der Waals surface area contributed by atoms with Crippen LogP contribution in [0.25, 0.3) is 0 Å². The number of likely N-dealkylation sites (tertiary alicyclic amines) is 1. The first-order valence-electron chi connectivity index (χ1n) is 13.0. The molecule has 3 unspecified atom stereocenters. The van der Waals surface area contributed by atoms with E-state index < -0.39 is 29.6 Å². The quantitative estimate of drug-likeness (QED) is 0.544. The number of nitrogens with one attached hydrogen (secondary N) is 2. The van der Waals surface area contributed by atoms with Gasteiger partial charge in [-0.2, -0.15) is 0 Å². The minimum absolute atomic E-state index is 0.104. The Labute approximate surface area is 220 Å². The molecule has 1 aromatic carbocycles. The number of thiophene rings is 1. The summed E-state index contributed by atoms with van der Waals surface area (Å²) in [5.74, 6) is -1.49. The fourth-order valence-electron chi connectivity index (χ4n) is 6.44. The van der Waals surface area contributed by atoms with Crippen LogP contribution in [-0.2, 0) is 25.7 Å². The van der Waals surface area contributed by atoms with Crippen molar-refractivity contribution in [3.05, 3.63) is 58.8 Å². The summed E-state index contributed by atoms with van der Waals surface area (Å²) in [6.45, 7) is 0.312. The number of rotatable bonds is 7. The predicted molar refractivity (Wildman–Crippen MR) is 139 cm³/mol. The zero-order valence-electron chi connectivity index (χ0n) is 20.7. The first kappa shape index (κ1) is 24.2. The molecular weight excluding hydrogens is 490 g/mol. The molecule has 3 fully saturated rings. The van der Waals surface area contributed by atoms with Gasteiger partial charge in [0.2, 0.25) is 17.7 Å². The van der Waals surface area contributed by atoms with Crippen LogP contribution in [0.3, 0.4) is 0 Å². The Balaban J connectivity index is 1.29. The maximum absolute atomic E-state index is 14.0. The van der Waals surface area contributed by atoms with Crippen LogP contribution in [0.1, 0.15) is 37.0 Å². The number of ether oxygens (including phenoxy) is 2. The largest absolute Gasteiger partial charge is 0.497 e. The SMILES string of the molecule is COc1ccc(NC(=O)C2[C@H]3C=CC4(O3)C(C(=O)NC3CCCCC3)N(Cc3cccs3)C(=O)[C@@H]24)cc1. The van der Waals surface area contributed by atoms with Crippen molar-refractivity contribution in [2.45, 2.75) is 62.4 Å². The molecule has 0 radical (unpaired) electrons. The topological polar surface area (TPSA) is 97.0 Å². The lowest BCUT2D eigenvalue weighted by Crippen LogP contribution is -2.56. The lowest BCUT2D eigenvalue weighted by molar-refractivity contribution is -0.142. The molecule has 4 aliphatic rings. The van der Waals surface area contributed by atoms with Crippen molar-refractivity contribution >= 4 is 34.7 Å². The second-order valence-corrected chi connectivity index (χ2v) is 11.3. The summed E-state index contributed by atoms with van der Waals surface area (Å²) >= 11 is 1.54. The minimum atomic E-state index is -1.15. The van der Waals surface area contributed by atoms with Crippen LogP contribution in [0.15, 0.2) is 53.9 Å². The molecule has 4 heterocycles. The van der Waals surface area contributed by atoms with Crippen LogP contribution >= 0.6 is 11.3 Å². The van der Waals surface area contributed by atoms with Gasteiger partial charge in [0.1, 0.15) is 17.4 Å². The van der Waals surface area contributed by atoms with Crippen LogP contribution in [-0.4, -0.2) is 53.5 Å². The van der Waals surface area contributed by atoms with Crippen molar-refractivity contribution in [2.24, 2.45) is 11.8 Å². The van der Waals surface area contributed by atoms with Gasteiger partial charge in [-0.3, -0.25) is 14.4 Å². The van der Waals surface area contributed by atoms with Gasteiger partial charge in [0.25, 0.3) is 0 Å². The Morgan fingerprint density at radius 3 is 2.62 bits per heavy atom. The summed E-state index contributed by atoms with van der Waals surface area (Å²) in [5, 5.41) is 8.12. The van der Waals surface area contributed by atoms with Crippen molar-refractivity contribution in [3.8, 4) is 5.75 Å². The number of fused-ring (bicyclic) bond motifs is 1. The lowest BCUT2D eigenvalue weighted by atomic mass is 9.74. The van der Waals surface area contributed by atoms with Crippen molar-refractivity contribution in [1.82, 2.24) is 10.2 Å². The smallest absolute Gasteiger partial charge is 0.246 e. The number of hydrogen-bond acceptors (Lipinski definition) is 6. The number of hydrogen-bond donors (Lipinski definition) is 2. The number of carbonyl (C=O) groups excluding carboxylic acids is 3. The van der Waals surface area contributed by atoms with Gasteiger partial charge in [-0.05, 0) is 48.6 Å². The third kappa shape index (κ3) is 4.14. The summed E-state index contributed by atoms with van der Waals surface area (Å²) in [7, 11) is 1.58. The first-order valence-corrected chi connectivity index (χ1v) is 13.8. The molecule has 1 saturated carbocycles. The van der Waals surface area contributed by atoms with Crippen LogP contribution in [0.5, 0.6) is 5.75 Å². The second-order valence-electron chi connectivity index (χ2n) is 10.3. The molecule has 3 aliphatic heterocycles. The molecule has 3 amide bonds. The summed E-state index contributed by atoms with van der Waals surface area (Å²) in [4.78, 5) is 44.0. The highest BCUT2D eigenvalue weighted by Gasteiger charge is 2.72. The summed E-state index contributed by atoms with van der Waals surface area (Å²) in [5.41, 5.74) is -0.543. The number of benzene rings is 1. The molecule has 2 aromatic rings. The average Bonchev–Trinajstić information content (AvgIpc) is 3.68. The molecule has 2 bridgehead atoms.